The van der Waals surface area contributed by atoms with Gasteiger partial charge in [-0.3, -0.25) is 4.72 Å². The number of anilines is 1. The number of benzene rings is 1. The van der Waals surface area contributed by atoms with Crippen LogP contribution >= 0.6 is 27.5 Å². The molecule has 0 aliphatic heterocycles. The molecule has 1 heterocycles. The van der Waals surface area contributed by atoms with E-state index in [1.54, 1.807) is 18.2 Å². The van der Waals surface area contributed by atoms with Gasteiger partial charge in [-0.1, -0.05) is 17.7 Å². The summed E-state index contributed by atoms with van der Waals surface area (Å²) >= 11 is 8.99. The summed E-state index contributed by atoms with van der Waals surface area (Å²) in [4.78, 5) is 4.01. The Bertz CT molecular complexity index is 737. The molecule has 0 saturated carbocycles. The first kappa shape index (κ1) is 15.1. The number of hydrogen-bond acceptors (Lipinski definition) is 4. The van der Waals surface area contributed by atoms with E-state index in [2.05, 4.69) is 25.6 Å². The summed E-state index contributed by atoms with van der Waals surface area (Å²) < 4.78 is 32.6. The predicted molar refractivity (Wildman–Crippen MR) is 80.7 cm³/mol. The van der Waals surface area contributed by atoms with Crippen molar-refractivity contribution in [3.63, 3.8) is 0 Å². The van der Waals surface area contributed by atoms with Gasteiger partial charge in [-0.25, -0.2) is 13.4 Å². The van der Waals surface area contributed by atoms with Gasteiger partial charge in [-0.05, 0) is 40.2 Å². The van der Waals surface area contributed by atoms with Crippen LogP contribution in [0.1, 0.15) is 0 Å². The van der Waals surface area contributed by atoms with Crippen LogP contribution in [0.3, 0.4) is 0 Å². The highest BCUT2D eigenvalue weighted by atomic mass is 79.9. The smallest absolute Gasteiger partial charge is 0.266 e. The van der Waals surface area contributed by atoms with Crippen molar-refractivity contribution in [3.8, 4) is 5.75 Å². The fourth-order valence-corrected chi connectivity index (χ4v) is 3.18. The topological polar surface area (TPSA) is 68.3 Å². The number of methoxy groups -OCH3 is 1. The maximum atomic E-state index is 12.3. The predicted octanol–water partition coefficient (Wildman–Crippen LogP) is 3.31. The molecule has 0 atom stereocenters. The van der Waals surface area contributed by atoms with Crippen molar-refractivity contribution < 1.29 is 13.2 Å². The Balaban J connectivity index is 2.40. The summed E-state index contributed by atoms with van der Waals surface area (Å²) in [6.07, 6.45) is 0. The van der Waals surface area contributed by atoms with Crippen molar-refractivity contribution in [1.82, 2.24) is 4.98 Å². The number of halogens is 2. The van der Waals surface area contributed by atoms with Crippen molar-refractivity contribution in [2.24, 2.45) is 0 Å². The number of hydrogen-bond donors (Lipinski definition) is 1. The highest BCUT2D eigenvalue weighted by molar-refractivity contribution is 9.10. The van der Waals surface area contributed by atoms with Gasteiger partial charge >= 0.3 is 0 Å². The van der Waals surface area contributed by atoms with Crippen LogP contribution in [0.5, 0.6) is 5.75 Å². The average molecular weight is 378 g/mol. The Morgan fingerprint density at radius 2 is 2.05 bits per heavy atom. The summed E-state index contributed by atoms with van der Waals surface area (Å²) in [6.45, 7) is 0. The molecule has 1 N–H and O–H groups in total. The molecule has 2 aromatic rings. The zero-order valence-corrected chi connectivity index (χ0v) is 13.5. The quantitative estimate of drug-likeness (QED) is 0.830. The summed E-state index contributed by atoms with van der Waals surface area (Å²) in [5, 5.41) is 0.390. The molecular formula is C12H10BrClN2O3S. The van der Waals surface area contributed by atoms with E-state index >= 15 is 0 Å². The van der Waals surface area contributed by atoms with Crippen LogP contribution in [-0.2, 0) is 10.0 Å². The van der Waals surface area contributed by atoms with E-state index in [9.17, 15) is 8.42 Å². The second-order valence-corrected chi connectivity index (χ2v) is 6.65. The molecule has 0 spiro atoms. The van der Waals surface area contributed by atoms with E-state index in [4.69, 9.17) is 16.3 Å². The minimum atomic E-state index is -3.81. The third kappa shape index (κ3) is 3.41. The summed E-state index contributed by atoms with van der Waals surface area (Å²) in [7, 11) is -2.43. The third-order valence-electron chi connectivity index (χ3n) is 2.37. The molecule has 0 amide bonds. The second-order valence-electron chi connectivity index (χ2n) is 3.75. The minimum Gasteiger partial charge on any atom is -0.495 e. The number of sulfonamides is 1. The van der Waals surface area contributed by atoms with E-state index in [1.165, 1.54) is 25.3 Å². The lowest BCUT2D eigenvalue weighted by molar-refractivity contribution is 0.403. The van der Waals surface area contributed by atoms with Crippen LogP contribution in [0.25, 0.3) is 0 Å². The molecule has 0 bridgehead atoms. The molecule has 0 fully saturated rings. The van der Waals surface area contributed by atoms with Gasteiger partial charge in [0.2, 0.25) is 0 Å². The van der Waals surface area contributed by atoms with Crippen LogP contribution in [0.4, 0.5) is 5.82 Å². The highest BCUT2D eigenvalue weighted by Gasteiger charge is 2.20. The van der Waals surface area contributed by atoms with Gasteiger partial charge in [0.15, 0.2) is 0 Å². The van der Waals surface area contributed by atoms with Gasteiger partial charge in [0, 0.05) is 11.1 Å². The fourth-order valence-electron chi connectivity index (χ4n) is 1.52. The van der Waals surface area contributed by atoms with Crippen molar-refractivity contribution in [2.45, 2.75) is 4.90 Å². The molecule has 0 unspecified atom stereocenters. The number of rotatable bonds is 4. The highest BCUT2D eigenvalue weighted by Crippen LogP contribution is 2.28. The zero-order chi connectivity index (χ0) is 14.8. The maximum absolute atomic E-state index is 12.3. The molecule has 1 aromatic heterocycles. The molecule has 0 aliphatic carbocycles. The van der Waals surface area contributed by atoms with Gasteiger partial charge in [0.05, 0.1) is 7.11 Å². The Hall–Kier alpha value is -1.31. The standard InChI is InChI=1S/C12H10BrClN2O3S/c1-19-9-7-8(14)5-6-10(9)20(17,18)16-12-4-2-3-11(13)15-12/h2-7H,1H3,(H,15,16). The number of nitrogens with one attached hydrogen (secondary N) is 1. The monoisotopic (exact) mass is 376 g/mol. The van der Waals surface area contributed by atoms with E-state index < -0.39 is 10.0 Å². The van der Waals surface area contributed by atoms with Crippen molar-refractivity contribution >= 4 is 43.4 Å². The number of pyridine rings is 1. The Morgan fingerprint density at radius 1 is 1.30 bits per heavy atom. The first-order chi connectivity index (χ1) is 9.42. The molecule has 5 nitrogen and oxygen atoms in total. The Labute approximate surface area is 130 Å². The van der Waals surface area contributed by atoms with Crippen LogP contribution in [0.15, 0.2) is 45.9 Å². The number of aromatic nitrogens is 1. The molecule has 0 saturated heterocycles. The lowest BCUT2D eigenvalue weighted by Gasteiger charge is -2.11. The fraction of sp³-hybridized carbons (Fsp3) is 0.0833. The molecule has 8 heteroatoms. The first-order valence-electron chi connectivity index (χ1n) is 5.41. The lowest BCUT2D eigenvalue weighted by Crippen LogP contribution is -2.15. The third-order valence-corrected chi connectivity index (χ3v) is 4.44. The zero-order valence-electron chi connectivity index (χ0n) is 10.3. The van der Waals surface area contributed by atoms with Crippen LogP contribution in [-0.4, -0.2) is 20.5 Å². The van der Waals surface area contributed by atoms with Gasteiger partial charge in [0.1, 0.15) is 21.1 Å². The van der Waals surface area contributed by atoms with E-state index in [0.717, 1.165) is 0 Å². The second kappa shape index (κ2) is 5.99. The molecule has 0 aliphatic rings. The average Bonchev–Trinajstić information content (AvgIpc) is 2.37. The SMILES string of the molecule is COc1cc(Cl)ccc1S(=O)(=O)Nc1cccc(Br)n1. The van der Waals surface area contributed by atoms with E-state index in [-0.39, 0.29) is 16.5 Å². The molecular weight excluding hydrogens is 368 g/mol. The largest absolute Gasteiger partial charge is 0.495 e. The van der Waals surface area contributed by atoms with E-state index in [0.29, 0.717) is 9.63 Å². The van der Waals surface area contributed by atoms with E-state index in [1.807, 2.05) is 0 Å². The Kier molecular flexibility index (Phi) is 4.52. The van der Waals surface area contributed by atoms with Gasteiger partial charge in [-0.15, -0.1) is 0 Å². The lowest BCUT2D eigenvalue weighted by atomic mass is 10.3. The Morgan fingerprint density at radius 3 is 2.70 bits per heavy atom. The molecule has 20 heavy (non-hydrogen) atoms. The van der Waals surface area contributed by atoms with Gasteiger partial charge < -0.3 is 4.74 Å². The molecule has 1 aromatic carbocycles. The summed E-state index contributed by atoms with van der Waals surface area (Å²) in [6, 6.07) is 9.21. The minimum absolute atomic E-state index is 0.00817. The van der Waals surface area contributed by atoms with Gasteiger partial charge in [0.25, 0.3) is 10.0 Å². The van der Waals surface area contributed by atoms with Crippen LogP contribution < -0.4 is 9.46 Å². The maximum Gasteiger partial charge on any atom is 0.266 e. The number of ether oxygens (including phenoxy) is 1. The van der Waals surface area contributed by atoms with Crippen molar-refractivity contribution in [3.05, 3.63) is 46.0 Å². The normalized spacial score (nSPS) is 11.2. The van der Waals surface area contributed by atoms with Gasteiger partial charge in [-0.2, -0.15) is 0 Å². The summed E-state index contributed by atoms with van der Waals surface area (Å²) in [5.41, 5.74) is 0. The first-order valence-corrected chi connectivity index (χ1v) is 8.07. The van der Waals surface area contributed by atoms with Crippen LogP contribution in [0, 0.1) is 0 Å². The molecule has 0 radical (unpaired) electrons. The van der Waals surface area contributed by atoms with Crippen molar-refractivity contribution in [2.75, 3.05) is 11.8 Å². The molecule has 2 rings (SSSR count). The van der Waals surface area contributed by atoms with Crippen molar-refractivity contribution in [1.29, 1.82) is 0 Å². The van der Waals surface area contributed by atoms with Crippen LogP contribution in [0.2, 0.25) is 5.02 Å². The molecule has 106 valence electrons. The number of nitrogens with zero attached hydrogens (tertiary/aromatic N) is 1. The summed E-state index contributed by atoms with van der Waals surface area (Å²) in [5.74, 6) is 0.372.